The topological polar surface area (TPSA) is 41.6 Å². The minimum Gasteiger partial charge on any atom is -0.375 e. The molecule has 1 N–H and O–H groups in total. The first-order valence-corrected chi connectivity index (χ1v) is 7.40. The van der Waals surface area contributed by atoms with Crippen LogP contribution in [0, 0.1) is 11.7 Å². The van der Waals surface area contributed by atoms with Crippen LogP contribution in [0.1, 0.15) is 18.4 Å². The van der Waals surface area contributed by atoms with Crippen LogP contribution in [0.15, 0.2) is 24.3 Å². The first kappa shape index (κ1) is 15.9. The van der Waals surface area contributed by atoms with Crippen LogP contribution in [0.2, 0.25) is 0 Å². The standard InChI is InChI=1S/C16H23FN2O2/c1-21-12-16(20)18-9-13-5-4-8-19(10-13)11-14-6-2-3-7-15(14)17/h2-3,6-7,13H,4-5,8-12H2,1H3,(H,18,20). The summed E-state index contributed by atoms with van der Waals surface area (Å²) in [4.78, 5) is 13.7. The Bertz CT molecular complexity index is 467. The van der Waals surface area contributed by atoms with E-state index in [0.29, 0.717) is 19.0 Å². The van der Waals surface area contributed by atoms with Crippen molar-refractivity contribution in [3.05, 3.63) is 35.6 Å². The quantitative estimate of drug-likeness (QED) is 0.870. The van der Waals surface area contributed by atoms with Gasteiger partial charge in [0.05, 0.1) is 0 Å². The minimum absolute atomic E-state index is 0.0799. The lowest BCUT2D eigenvalue weighted by atomic mass is 9.97. The average Bonchev–Trinajstić information content (AvgIpc) is 2.48. The molecule has 1 atom stereocenters. The zero-order chi connectivity index (χ0) is 15.1. The molecule has 21 heavy (non-hydrogen) atoms. The second-order valence-corrected chi connectivity index (χ2v) is 5.57. The van der Waals surface area contributed by atoms with E-state index < -0.39 is 0 Å². The highest BCUT2D eigenvalue weighted by Crippen LogP contribution is 2.19. The lowest BCUT2D eigenvalue weighted by Gasteiger charge is -2.32. The number of halogens is 1. The number of hydrogen-bond donors (Lipinski definition) is 1. The number of ether oxygens (including phenoxy) is 1. The molecule has 0 aliphatic carbocycles. The van der Waals surface area contributed by atoms with Crippen molar-refractivity contribution in [3.63, 3.8) is 0 Å². The maximum absolute atomic E-state index is 13.7. The molecule has 1 aliphatic heterocycles. The van der Waals surface area contributed by atoms with E-state index in [1.54, 1.807) is 6.07 Å². The van der Waals surface area contributed by atoms with Crippen LogP contribution in [0.4, 0.5) is 4.39 Å². The van der Waals surface area contributed by atoms with Crippen molar-refractivity contribution in [1.29, 1.82) is 0 Å². The van der Waals surface area contributed by atoms with Crippen molar-refractivity contribution < 1.29 is 13.9 Å². The molecule has 0 spiro atoms. The second-order valence-electron chi connectivity index (χ2n) is 5.57. The fourth-order valence-corrected chi connectivity index (χ4v) is 2.77. The van der Waals surface area contributed by atoms with Gasteiger partial charge in [-0.25, -0.2) is 4.39 Å². The van der Waals surface area contributed by atoms with Gasteiger partial charge in [-0.15, -0.1) is 0 Å². The number of carbonyl (C=O) groups excluding carboxylic acids is 1. The fraction of sp³-hybridized carbons (Fsp3) is 0.562. The van der Waals surface area contributed by atoms with Gasteiger partial charge in [-0.2, -0.15) is 0 Å². The zero-order valence-corrected chi connectivity index (χ0v) is 12.5. The van der Waals surface area contributed by atoms with Crippen LogP contribution in [-0.4, -0.2) is 44.2 Å². The number of likely N-dealkylation sites (tertiary alicyclic amines) is 1. The number of amides is 1. The zero-order valence-electron chi connectivity index (χ0n) is 12.5. The van der Waals surface area contributed by atoms with Gasteiger partial charge in [0.1, 0.15) is 12.4 Å². The molecule has 2 rings (SSSR count). The van der Waals surface area contributed by atoms with Gasteiger partial charge in [-0.3, -0.25) is 9.69 Å². The number of nitrogens with one attached hydrogen (secondary N) is 1. The molecule has 0 aromatic heterocycles. The Balaban J connectivity index is 1.81. The van der Waals surface area contributed by atoms with Crippen molar-refractivity contribution in [2.75, 3.05) is 33.4 Å². The number of carbonyl (C=O) groups is 1. The number of nitrogens with zero attached hydrogens (tertiary/aromatic N) is 1. The van der Waals surface area contributed by atoms with Gasteiger partial charge in [0.15, 0.2) is 0 Å². The van der Waals surface area contributed by atoms with Gasteiger partial charge >= 0.3 is 0 Å². The van der Waals surface area contributed by atoms with Gasteiger partial charge in [0.25, 0.3) is 0 Å². The third-order valence-electron chi connectivity index (χ3n) is 3.82. The molecule has 1 saturated heterocycles. The molecule has 0 bridgehead atoms. The summed E-state index contributed by atoms with van der Waals surface area (Å²) in [6.45, 7) is 3.27. The maximum atomic E-state index is 13.7. The van der Waals surface area contributed by atoms with Crippen LogP contribution in [0.25, 0.3) is 0 Å². The summed E-state index contributed by atoms with van der Waals surface area (Å²) in [6, 6.07) is 6.91. The molecule has 4 nitrogen and oxygen atoms in total. The predicted molar refractivity (Wildman–Crippen MR) is 79.3 cm³/mol. The van der Waals surface area contributed by atoms with E-state index in [-0.39, 0.29) is 18.3 Å². The van der Waals surface area contributed by atoms with Gasteiger partial charge < -0.3 is 10.1 Å². The van der Waals surface area contributed by atoms with Crippen molar-refractivity contribution in [3.8, 4) is 0 Å². The first-order valence-electron chi connectivity index (χ1n) is 7.40. The Kier molecular flexibility index (Phi) is 6.14. The molecule has 0 saturated carbocycles. The number of rotatable bonds is 6. The molecule has 1 heterocycles. The van der Waals surface area contributed by atoms with Gasteiger partial charge in [0.2, 0.25) is 5.91 Å². The number of methoxy groups -OCH3 is 1. The number of benzene rings is 1. The third-order valence-corrected chi connectivity index (χ3v) is 3.82. The highest BCUT2D eigenvalue weighted by atomic mass is 19.1. The number of piperidine rings is 1. The van der Waals surface area contributed by atoms with Gasteiger partial charge in [0, 0.05) is 32.3 Å². The summed E-state index contributed by atoms with van der Waals surface area (Å²) in [5.74, 6) is 0.197. The summed E-state index contributed by atoms with van der Waals surface area (Å²) < 4.78 is 18.5. The van der Waals surface area contributed by atoms with Crippen molar-refractivity contribution >= 4 is 5.91 Å². The summed E-state index contributed by atoms with van der Waals surface area (Å²) in [5, 5.41) is 2.88. The molecule has 1 aromatic rings. The molecule has 1 unspecified atom stereocenters. The van der Waals surface area contributed by atoms with Crippen LogP contribution in [-0.2, 0) is 16.1 Å². The van der Waals surface area contributed by atoms with E-state index in [1.165, 1.54) is 13.2 Å². The van der Waals surface area contributed by atoms with E-state index in [0.717, 1.165) is 31.5 Å². The monoisotopic (exact) mass is 294 g/mol. The molecule has 116 valence electrons. The molecule has 1 aliphatic rings. The third kappa shape index (κ3) is 5.10. The van der Waals surface area contributed by atoms with E-state index in [9.17, 15) is 9.18 Å². The lowest BCUT2D eigenvalue weighted by Crippen LogP contribution is -2.41. The molecule has 1 fully saturated rings. The van der Waals surface area contributed by atoms with Crippen LogP contribution in [0.3, 0.4) is 0 Å². The van der Waals surface area contributed by atoms with Crippen LogP contribution >= 0.6 is 0 Å². The van der Waals surface area contributed by atoms with Crippen molar-refractivity contribution in [2.24, 2.45) is 5.92 Å². The van der Waals surface area contributed by atoms with Gasteiger partial charge in [-0.05, 0) is 31.4 Å². The van der Waals surface area contributed by atoms with E-state index in [4.69, 9.17) is 4.74 Å². The Morgan fingerprint density at radius 3 is 3.05 bits per heavy atom. The molecule has 5 heteroatoms. The van der Waals surface area contributed by atoms with Crippen molar-refractivity contribution in [2.45, 2.75) is 19.4 Å². The molecular weight excluding hydrogens is 271 g/mol. The first-order chi connectivity index (χ1) is 10.2. The Labute approximate surface area is 125 Å². The summed E-state index contributed by atoms with van der Waals surface area (Å²) in [6.07, 6.45) is 2.18. The molecule has 1 aromatic carbocycles. The minimum atomic E-state index is -0.145. The van der Waals surface area contributed by atoms with E-state index in [2.05, 4.69) is 10.2 Å². The smallest absolute Gasteiger partial charge is 0.245 e. The molecular formula is C16H23FN2O2. The Morgan fingerprint density at radius 2 is 2.29 bits per heavy atom. The lowest BCUT2D eigenvalue weighted by molar-refractivity contribution is -0.125. The highest BCUT2D eigenvalue weighted by Gasteiger charge is 2.21. The molecule has 1 amide bonds. The van der Waals surface area contributed by atoms with Crippen molar-refractivity contribution in [1.82, 2.24) is 10.2 Å². The van der Waals surface area contributed by atoms with E-state index in [1.807, 2.05) is 12.1 Å². The second kappa shape index (κ2) is 8.10. The van der Waals surface area contributed by atoms with Crippen LogP contribution in [0.5, 0.6) is 0 Å². The number of hydrogen-bond acceptors (Lipinski definition) is 3. The Hall–Kier alpha value is -1.46. The molecule has 0 radical (unpaired) electrons. The summed E-state index contributed by atoms with van der Waals surface area (Å²) in [7, 11) is 1.51. The SMILES string of the molecule is COCC(=O)NCC1CCCN(Cc2ccccc2F)C1. The fourth-order valence-electron chi connectivity index (χ4n) is 2.77. The summed E-state index contributed by atoms with van der Waals surface area (Å²) in [5.41, 5.74) is 0.738. The largest absolute Gasteiger partial charge is 0.375 e. The average molecular weight is 294 g/mol. The summed E-state index contributed by atoms with van der Waals surface area (Å²) >= 11 is 0. The highest BCUT2D eigenvalue weighted by molar-refractivity contribution is 5.77. The van der Waals surface area contributed by atoms with E-state index >= 15 is 0 Å². The predicted octanol–water partition coefficient (Wildman–Crippen LogP) is 1.80. The van der Waals surface area contributed by atoms with Gasteiger partial charge in [-0.1, -0.05) is 18.2 Å². The maximum Gasteiger partial charge on any atom is 0.245 e. The normalized spacial score (nSPS) is 19.4. The van der Waals surface area contributed by atoms with Crippen LogP contribution < -0.4 is 5.32 Å². The Morgan fingerprint density at radius 1 is 1.48 bits per heavy atom.